The summed E-state index contributed by atoms with van der Waals surface area (Å²) in [5.41, 5.74) is 0. The molecule has 54 valence electrons. The van der Waals surface area contributed by atoms with Gasteiger partial charge in [-0.25, -0.2) is 4.79 Å². The van der Waals surface area contributed by atoms with Gasteiger partial charge in [-0.15, -0.1) is 6.58 Å². The molecule has 0 saturated carbocycles. The van der Waals surface area contributed by atoms with Crippen LogP contribution in [0, 0.1) is 0 Å². The molecule has 3 N–H and O–H groups in total. The normalized spacial score (nSPS) is 6.44. The van der Waals surface area contributed by atoms with Crippen LogP contribution in [0.25, 0.3) is 0 Å². The van der Waals surface area contributed by atoms with Crippen molar-refractivity contribution in [2.24, 2.45) is 0 Å². The minimum Gasteiger partial charge on any atom is -0.465 e. The fourth-order valence-corrected chi connectivity index (χ4v) is 0.0676. The summed E-state index contributed by atoms with van der Waals surface area (Å²) < 4.78 is 0. The highest BCUT2D eigenvalue weighted by Gasteiger charge is 1.83. The molecule has 0 rings (SSSR count). The van der Waals surface area contributed by atoms with Crippen LogP contribution in [0.5, 0.6) is 0 Å². The molecule has 0 aliphatic heterocycles. The number of aliphatic hydroxyl groups excluding tert-OH is 1. The molecule has 9 heavy (non-hydrogen) atoms. The first kappa shape index (κ1) is 10.9. The number of hydrogen-bond donors (Lipinski definition) is 3. The average molecular weight is 133 g/mol. The Balaban J connectivity index is 0. The minimum atomic E-state index is -1.21. The molecule has 0 fully saturated rings. The summed E-state index contributed by atoms with van der Waals surface area (Å²) in [5.74, 6) is 0. The molecular weight excluding hydrogens is 122 g/mol. The number of carboxylic acid groups (broad SMARTS) is 1. The summed E-state index contributed by atoms with van der Waals surface area (Å²) in [4.78, 5) is 9.33. The predicted molar refractivity (Wildman–Crippen MR) is 34.1 cm³/mol. The van der Waals surface area contributed by atoms with Crippen LogP contribution in [0.3, 0.4) is 0 Å². The number of nitrogens with one attached hydrogen (secondary N) is 1. The van der Waals surface area contributed by atoms with Crippen LogP contribution < -0.4 is 5.32 Å². The molecule has 0 radical (unpaired) electrons. The average Bonchev–Trinajstić information content (AvgIpc) is 1.67. The Hall–Kier alpha value is -1.03. The van der Waals surface area contributed by atoms with E-state index in [9.17, 15) is 4.79 Å². The third-order valence-corrected chi connectivity index (χ3v) is 0.230. The number of carbonyl (C=O) groups is 1. The molecule has 0 unspecified atom stereocenters. The van der Waals surface area contributed by atoms with Crippen molar-refractivity contribution < 1.29 is 15.0 Å². The van der Waals surface area contributed by atoms with E-state index in [1.807, 2.05) is 6.92 Å². The van der Waals surface area contributed by atoms with Gasteiger partial charge in [-0.05, 0) is 6.92 Å². The van der Waals surface area contributed by atoms with Crippen molar-refractivity contribution in [3.05, 3.63) is 12.7 Å². The van der Waals surface area contributed by atoms with Crippen LogP contribution in [0.1, 0.15) is 6.92 Å². The highest BCUT2D eigenvalue weighted by Crippen LogP contribution is 1.51. The first-order valence-corrected chi connectivity index (χ1v) is 2.33. The summed E-state index contributed by atoms with van der Waals surface area (Å²) in [7, 11) is 0. The van der Waals surface area contributed by atoms with Crippen LogP contribution in [0.4, 0.5) is 4.79 Å². The Morgan fingerprint density at radius 3 is 2.22 bits per heavy atom. The van der Waals surface area contributed by atoms with Gasteiger partial charge in [-0.1, -0.05) is 6.08 Å². The van der Waals surface area contributed by atoms with Gasteiger partial charge in [-0.3, -0.25) is 5.32 Å². The van der Waals surface area contributed by atoms with Gasteiger partial charge in [0.05, 0.1) is 0 Å². The van der Waals surface area contributed by atoms with Gasteiger partial charge in [0.15, 0.2) is 0 Å². The zero-order valence-corrected chi connectivity index (χ0v) is 5.29. The molecule has 0 bridgehead atoms. The van der Waals surface area contributed by atoms with Crippen molar-refractivity contribution >= 4 is 6.09 Å². The van der Waals surface area contributed by atoms with E-state index in [2.05, 4.69) is 6.58 Å². The maximum Gasteiger partial charge on any atom is 0.406 e. The second-order valence-corrected chi connectivity index (χ2v) is 1.05. The summed E-state index contributed by atoms with van der Waals surface area (Å²) in [5, 5.41) is 17.1. The Morgan fingerprint density at radius 2 is 2.22 bits per heavy atom. The van der Waals surface area contributed by atoms with Gasteiger partial charge in [0.1, 0.15) is 6.73 Å². The smallest absolute Gasteiger partial charge is 0.406 e. The van der Waals surface area contributed by atoms with E-state index >= 15 is 0 Å². The minimum absolute atomic E-state index is 0.519. The standard InChI is InChI=1S/C3H6.C2H5NO3/c1-3-2;4-1-3-2(5)6/h3H,1H2,2H3;3-4H,1H2,(H,5,6). The van der Waals surface area contributed by atoms with Gasteiger partial charge in [0.25, 0.3) is 0 Å². The predicted octanol–water partition coefficient (Wildman–Crippen LogP) is 0.396. The largest absolute Gasteiger partial charge is 0.465 e. The molecule has 4 heteroatoms. The van der Waals surface area contributed by atoms with Crippen molar-refractivity contribution in [3.63, 3.8) is 0 Å². The van der Waals surface area contributed by atoms with Crippen LogP contribution in [-0.4, -0.2) is 23.0 Å². The zero-order valence-electron chi connectivity index (χ0n) is 5.29. The number of amides is 1. The van der Waals surface area contributed by atoms with Gasteiger partial charge < -0.3 is 10.2 Å². The lowest BCUT2D eigenvalue weighted by molar-refractivity contribution is 0.176. The van der Waals surface area contributed by atoms with Crippen molar-refractivity contribution in [1.82, 2.24) is 5.32 Å². The summed E-state index contributed by atoms with van der Waals surface area (Å²) >= 11 is 0. The van der Waals surface area contributed by atoms with Gasteiger partial charge in [0, 0.05) is 0 Å². The lowest BCUT2D eigenvalue weighted by atomic mass is 10.8. The molecule has 0 heterocycles. The number of rotatable bonds is 1. The Bertz CT molecular complexity index is 82.3. The maximum atomic E-state index is 9.33. The van der Waals surface area contributed by atoms with Gasteiger partial charge in [0.2, 0.25) is 0 Å². The lowest BCUT2D eigenvalue weighted by Gasteiger charge is -1.86. The lowest BCUT2D eigenvalue weighted by Crippen LogP contribution is -2.20. The van der Waals surface area contributed by atoms with Crippen molar-refractivity contribution in [1.29, 1.82) is 0 Å². The third kappa shape index (κ3) is 44.4. The van der Waals surface area contributed by atoms with Gasteiger partial charge in [-0.2, -0.15) is 0 Å². The second-order valence-electron chi connectivity index (χ2n) is 1.05. The van der Waals surface area contributed by atoms with E-state index in [4.69, 9.17) is 10.2 Å². The fourth-order valence-electron chi connectivity index (χ4n) is 0.0676. The molecule has 0 aromatic carbocycles. The highest BCUT2D eigenvalue weighted by atomic mass is 16.4. The van der Waals surface area contributed by atoms with E-state index in [-0.39, 0.29) is 0 Å². The zero-order chi connectivity index (χ0) is 7.70. The Labute approximate surface area is 53.8 Å². The Morgan fingerprint density at radius 1 is 1.89 bits per heavy atom. The molecule has 0 aliphatic rings. The quantitative estimate of drug-likeness (QED) is 0.358. The van der Waals surface area contributed by atoms with Crippen LogP contribution in [0.2, 0.25) is 0 Å². The van der Waals surface area contributed by atoms with E-state index in [0.717, 1.165) is 0 Å². The van der Waals surface area contributed by atoms with E-state index in [1.54, 1.807) is 11.4 Å². The van der Waals surface area contributed by atoms with E-state index in [0.29, 0.717) is 0 Å². The molecule has 4 nitrogen and oxygen atoms in total. The fraction of sp³-hybridized carbons (Fsp3) is 0.400. The summed E-state index contributed by atoms with van der Waals surface area (Å²) in [6.45, 7) is 4.73. The molecule has 0 aliphatic carbocycles. The van der Waals surface area contributed by atoms with E-state index < -0.39 is 12.8 Å². The Kier molecular flexibility index (Phi) is 12.1. The number of allylic oxidation sites excluding steroid dienone is 1. The molecule has 0 atom stereocenters. The molecular formula is C5H11NO3. The van der Waals surface area contributed by atoms with Crippen molar-refractivity contribution in [3.8, 4) is 0 Å². The monoisotopic (exact) mass is 133 g/mol. The van der Waals surface area contributed by atoms with Crippen LogP contribution >= 0.6 is 0 Å². The van der Waals surface area contributed by atoms with Crippen molar-refractivity contribution in [2.45, 2.75) is 6.92 Å². The number of aliphatic hydroxyl groups is 1. The first-order chi connectivity index (χ1) is 4.18. The maximum absolute atomic E-state index is 9.33. The summed E-state index contributed by atoms with van der Waals surface area (Å²) in [6.07, 6.45) is 0.539. The molecule has 0 aromatic rings. The molecule has 1 amide bonds. The van der Waals surface area contributed by atoms with Gasteiger partial charge >= 0.3 is 6.09 Å². The van der Waals surface area contributed by atoms with Crippen LogP contribution in [0.15, 0.2) is 12.7 Å². The first-order valence-electron chi connectivity index (χ1n) is 2.33. The molecule has 0 spiro atoms. The highest BCUT2D eigenvalue weighted by molar-refractivity contribution is 5.63. The molecule has 0 saturated heterocycles. The molecule has 0 aromatic heterocycles. The topological polar surface area (TPSA) is 69.6 Å². The van der Waals surface area contributed by atoms with Crippen LogP contribution in [-0.2, 0) is 0 Å². The third-order valence-electron chi connectivity index (χ3n) is 0.230. The number of hydrogen-bond acceptors (Lipinski definition) is 2. The second kappa shape index (κ2) is 10.1. The SMILES string of the molecule is C=CC.O=C(O)NCO. The summed E-state index contributed by atoms with van der Waals surface area (Å²) in [6, 6.07) is 0. The van der Waals surface area contributed by atoms with E-state index in [1.165, 1.54) is 0 Å². The van der Waals surface area contributed by atoms with Crippen molar-refractivity contribution in [2.75, 3.05) is 6.73 Å².